The normalized spacial score (nSPS) is 9.92. The molecule has 2 nitrogen and oxygen atoms in total. The largest absolute Gasteiger partial charge is 0.506 e. The topological polar surface area (TPSA) is 37.3 Å². The zero-order chi connectivity index (χ0) is 9.30. The average Bonchev–Trinajstić information content (AvgIpc) is 1.96. The van der Waals surface area contributed by atoms with Crippen LogP contribution in [0.3, 0.4) is 0 Å². The molecule has 0 fully saturated rings. The van der Waals surface area contributed by atoms with E-state index in [2.05, 4.69) is 0 Å². The van der Waals surface area contributed by atoms with Crippen molar-refractivity contribution in [1.29, 1.82) is 0 Å². The smallest absolute Gasteiger partial charge is 0.163 e. The summed E-state index contributed by atoms with van der Waals surface area (Å²) in [6.07, 6.45) is 0. The van der Waals surface area contributed by atoms with Crippen molar-refractivity contribution in [2.24, 2.45) is 0 Å². The van der Waals surface area contributed by atoms with Crippen molar-refractivity contribution < 1.29 is 14.3 Å². The molecular weight excluding hydrogens is 274 g/mol. The molecule has 0 amide bonds. The highest BCUT2D eigenvalue weighted by Gasteiger charge is 2.11. The average molecular weight is 280 g/mol. The minimum Gasteiger partial charge on any atom is -0.506 e. The summed E-state index contributed by atoms with van der Waals surface area (Å²) in [4.78, 5) is 10.8. The van der Waals surface area contributed by atoms with Crippen molar-refractivity contribution in [3.05, 3.63) is 27.1 Å². The highest BCUT2D eigenvalue weighted by Crippen LogP contribution is 2.25. The SMILES string of the molecule is CC(=O)c1cc(F)cc(I)c1O. The monoisotopic (exact) mass is 280 g/mol. The first-order valence-corrected chi connectivity index (χ1v) is 4.29. The van der Waals surface area contributed by atoms with E-state index < -0.39 is 5.82 Å². The molecule has 0 radical (unpaired) electrons. The molecule has 12 heavy (non-hydrogen) atoms. The first-order chi connectivity index (χ1) is 5.52. The molecule has 0 saturated heterocycles. The summed E-state index contributed by atoms with van der Waals surface area (Å²) in [5.41, 5.74) is 0.0272. The number of hydrogen-bond donors (Lipinski definition) is 1. The number of phenols is 1. The molecule has 0 aromatic heterocycles. The van der Waals surface area contributed by atoms with E-state index in [0.717, 1.165) is 6.07 Å². The van der Waals surface area contributed by atoms with E-state index in [0.29, 0.717) is 3.57 Å². The van der Waals surface area contributed by atoms with Crippen molar-refractivity contribution >= 4 is 28.4 Å². The van der Waals surface area contributed by atoms with Crippen LogP contribution in [0.1, 0.15) is 17.3 Å². The van der Waals surface area contributed by atoms with Crippen LogP contribution in [-0.2, 0) is 0 Å². The second-order valence-electron chi connectivity index (χ2n) is 2.34. The highest BCUT2D eigenvalue weighted by atomic mass is 127. The fraction of sp³-hybridized carbons (Fsp3) is 0.125. The minimum atomic E-state index is -0.512. The number of benzene rings is 1. The van der Waals surface area contributed by atoms with Crippen molar-refractivity contribution in [3.8, 4) is 5.75 Å². The van der Waals surface area contributed by atoms with Gasteiger partial charge in [0.1, 0.15) is 11.6 Å². The molecule has 0 spiro atoms. The van der Waals surface area contributed by atoms with Gasteiger partial charge in [-0.2, -0.15) is 0 Å². The third-order valence-corrected chi connectivity index (χ3v) is 2.23. The van der Waals surface area contributed by atoms with Crippen LogP contribution in [-0.4, -0.2) is 10.9 Å². The number of aromatic hydroxyl groups is 1. The predicted octanol–water partition coefficient (Wildman–Crippen LogP) is 2.34. The quantitative estimate of drug-likeness (QED) is 0.633. The molecule has 0 unspecified atom stereocenters. The molecular formula is C8H6FIO2. The van der Waals surface area contributed by atoms with Gasteiger partial charge >= 0.3 is 0 Å². The molecule has 0 aliphatic heterocycles. The second-order valence-corrected chi connectivity index (χ2v) is 3.50. The second kappa shape index (κ2) is 3.38. The summed E-state index contributed by atoms with van der Waals surface area (Å²) in [7, 11) is 0. The Bertz CT molecular complexity index is 336. The number of carbonyl (C=O) groups excluding carboxylic acids is 1. The van der Waals surface area contributed by atoms with Gasteiger partial charge in [-0.05, 0) is 41.6 Å². The third-order valence-electron chi connectivity index (χ3n) is 1.41. The Morgan fingerprint density at radius 3 is 2.67 bits per heavy atom. The Labute approximate surface area is 82.5 Å². The maximum atomic E-state index is 12.7. The van der Waals surface area contributed by atoms with E-state index in [9.17, 15) is 14.3 Å². The van der Waals surface area contributed by atoms with E-state index >= 15 is 0 Å². The molecule has 0 saturated carbocycles. The summed E-state index contributed by atoms with van der Waals surface area (Å²) in [6, 6.07) is 2.20. The molecule has 1 aromatic carbocycles. The Morgan fingerprint density at radius 2 is 2.17 bits per heavy atom. The van der Waals surface area contributed by atoms with Gasteiger partial charge in [0.05, 0.1) is 9.13 Å². The zero-order valence-corrected chi connectivity index (χ0v) is 8.42. The van der Waals surface area contributed by atoms with Crippen molar-refractivity contribution in [1.82, 2.24) is 0 Å². The number of rotatable bonds is 1. The van der Waals surface area contributed by atoms with E-state index in [4.69, 9.17) is 0 Å². The Kier molecular flexibility index (Phi) is 2.66. The minimum absolute atomic E-state index is 0.0272. The number of halogens is 2. The van der Waals surface area contributed by atoms with Gasteiger partial charge in [-0.1, -0.05) is 0 Å². The first-order valence-electron chi connectivity index (χ1n) is 3.21. The Balaban J connectivity index is 3.37. The van der Waals surface area contributed by atoms with E-state index in [1.54, 1.807) is 22.6 Å². The molecule has 0 bridgehead atoms. The summed E-state index contributed by atoms with van der Waals surface area (Å²) in [5, 5.41) is 9.30. The standard InChI is InChI=1S/C8H6FIO2/c1-4(11)6-2-5(9)3-7(10)8(6)12/h2-3,12H,1H3. The number of ketones is 1. The fourth-order valence-corrected chi connectivity index (χ4v) is 1.42. The van der Waals surface area contributed by atoms with Gasteiger partial charge in [-0.15, -0.1) is 0 Å². The number of carbonyl (C=O) groups is 1. The summed E-state index contributed by atoms with van der Waals surface area (Å²) >= 11 is 1.77. The Morgan fingerprint density at radius 1 is 1.58 bits per heavy atom. The van der Waals surface area contributed by atoms with Gasteiger partial charge in [0.25, 0.3) is 0 Å². The Hall–Kier alpha value is -0.650. The van der Waals surface area contributed by atoms with Crippen molar-refractivity contribution in [2.75, 3.05) is 0 Å². The van der Waals surface area contributed by atoms with Gasteiger partial charge in [0.2, 0.25) is 0 Å². The van der Waals surface area contributed by atoms with Gasteiger partial charge in [-0.25, -0.2) is 4.39 Å². The lowest BCUT2D eigenvalue weighted by molar-refractivity contribution is 0.101. The maximum Gasteiger partial charge on any atom is 0.163 e. The lowest BCUT2D eigenvalue weighted by Gasteiger charge is -2.02. The van der Waals surface area contributed by atoms with Gasteiger partial charge in [0, 0.05) is 0 Å². The molecule has 0 atom stereocenters. The number of Topliss-reactive ketones (excluding diaryl/α,β-unsaturated/α-hetero) is 1. The first kappa shape index (κ1) is 9.44. The van der Waals surface area contributed by atoms with E-state index in [1.807, 2.05) is 0 Å². The highest BCUT2D eigenvalue weighted by molar-refractivity contribution is 14.1. The van der Waals surface area contributed by atoms with Crippen LogP contribution < -0.4 is 0 Å². The number of phenolic OH excluding ortho intramolecular Hbond substituents is 1. The predicted molar refractivity (Wildman–Crippen MR) is 50.8 cm³/mol. The van der Waals surface area contributed by atoms with Crippen LogP contribution in [0, 0.1) is 9.39 Å². The van der Waals surface area contributed by atoms with Crippen molar-refractivity contribution in [3.63, 3.8) is 0 Å². The molecule has 1 rings (SSSR count). The van der Waals surface area contributed by atoms with Crippen molar-refractivity contribution in [2.45, 2.75) is 6.92 Å². The van der Waals surface area contributed by atoms with Gasteiger partial charge in [-0.3, -0.25) is 4.79 Å². The lowest BCUT2D eigenvalue weighted by Crippen LogP contribution is -1.95. The summed E-state index contributed by atoms with van der Waals surface area (Å²) < 4.78 is 13.0. The lowest BCUT2D eigenvalue weighted by atomic mass is 10.1. The molecule has 1 aromatic rings. The fourth-order valence-electron chi connectivity index (χ4n) is 0.834. The summed E-state index contributed by atoms with van der Waals surface area (Å²) in [5.74, 6) is -1.00. The van der Waals surface area contributed by atoms with Crippen LogP contribution in [0.2, 0.25) is 0 Å². The number of hydrogen-bond acceptors (Lipinski definition) is 2. The molecule has 64 valence electrons. The molecule has 1 N–H and O–H groups in total. The van der Waals surface area contributed by atoms with Crippen LogP contribution >= 0.6 is 22.6 Å². The molecule has 4 heteroatoms. The van der Waals surface area contributed by atoms with Crippen LogP contribution in [0.4, 0.5) is 4.39 Å². The maximum absolute atomic E-state index is 12.7. The molecule has 0 heterocycles. The molecule has 0 aliphatic carbocycles. The van der Waals surface area contributed by atoms with E-state index in [-0.39, 0.29) is 17.1 Å². The van der Waals surface area contributed by atoms with Crippen LogP contribution in [0.5, 0.6) is 5.75 Å². The van der Waals surface area contributed by atoms with Crippen LogP contribution in [0.15, 0.2) is 12.1 Å². The van der Waals surface area contributed by atoms with Gasteiger partial charge in [0.15, 0.2) is 5.78 Å². The molecule has 0 aliphatic rings. The van der Waals surface area contributed by atoms with Gasteiger partial charge < -0.3 is 5.11 Å². The van der Waals surface area contributed by atoms with E-state index in [1.165, 1.54) is 13.0 Å². The zero-order valence-electron chi connectivity index (χ0n) is 6.27. The summed E-state index contributed by atoms with van der Waals surface area (Å²) in [6.45, 7) is 1.28. The third kappa shape index (κ3) is 1.74. The van der Waals surface area contributed by atoms with Crippen LogP contribution in [0.25, 0.3) is 0 Å².